The SMILES string of the molecule is COc1cccc(C2=C(c3ccc(S(N)(=O)=O)cc3)Oc3ccccc3C2C=O)c1. The summed E-state index contributed by atoms with van der Waals surface area (Å²) in [5.41, 5.74) is 2.83. The molecule has 0 aliphatic carbocycles. The van der Waals surface area contributed by atoms with Crippen molar-refractivity contribution in [1.82, 2.24) is 0 Å². The summed E-state index contributed by atoms with van der Waals surface area (Å²) in [7, 11) is -2.24. The molecule has 2 N–H and O–H groups in total. The molecule has 1 aliphatic rings. The van der Waals surface area contributed by atoms with E-state index in [1.165, 1.54) is 12.1 Å². The predicted octanol–water partition coefficient (Wildman–Crippen LogP) is 3.59. The molecule has 0 aromatic heterocycles. The number of methoxy groups -OCH3 is 1. The fraction of sp³-hybridized carbons (Fsp3) is 0.0870. The monoisotopic (exact) mass is 421 g/mol. The number of nitrogens with two attached hydrogens (primary N) is 1. The minimum atomic E-state index is -3.82. The summed E-state index contributed by atoms with van der Waals surface area (Å²) in [6.07, 6.45) is 0.884. The lowest BCUT2D eigenvalue weighted by Gasteiger charge is -2.28. The number of primary sulfonamides is 1. The standard InChI is InChI=1S/C23H19NO5S/c1-28-17-6-4-5-16(13-17)22-20(14-25)19-7-2-3-8-21(19)29-23(22)15-9-11-18(12-10-15)30(24,26)27/h2-14,20H,1H3,(H2,24,26,27). The van der Waals surface area contributed by atoms with E-state index in [2.05, 4.69) is 0 Å². The highest BCUT2D eigenvalue weighted by Crippen LogP contribution is 2.46. The van der Waals surface area contributed by atoms with Gasteiger partial charge >= 0.3 is 0 Å². The van der Waals surface area contributed by atoms with E-state index in [0.717, 1.165) is 17.4 Å². The third-order valence-corrected chi connectivity index (χ3v) is 5.91. The lowest BCUT2D eigenvalue weighted by atomic mass is 9.83. The van der Waals surface area contributed by atoms with Crippen LogP contribution in [0.25, 0.3) is 11.3 Å². The zero-order valence-corrected chi connectivity index (χ0v) is 16.9. The van der Waals surface area contributed by atoms with E-state index < -0.39 is 15.9 Å². The van der Waals surface area contributed by atoms with E-state index in [0.29, 0.717) is 28.4 Å². The van der Waals surface area contributed by atoms with Gasteiger partial charge in [0.1, 0.15) is 23.5 Å². The summed E-state index contributed by atoms with van der Waals surface area (Å²) in [6.45, 7) is 0. The third-order valence-electron chi connectivity index (χ3n) is 4.98. The molecule has 152 valence electrons. The third kappa shape index (κ3) is 3.60. The number of aldehydes is 1. The van der Waals surface area contributed by atoms with Crippen molar-refractivity contribution in [2.24, 2.45) is 5.14 Å². The zero-order valence-electron chi connectivity index (χ0n) is 16.1. The highest BCUT2D eigenvalue weighted by atomic mass is 32.2. The van der Waals surface area contributed by atoms with Gasteiger partial charge in [0.2, 0.25) is 10.0 Å². The summed E-state index contributed by atoms with van der Waals surface area (Å²) >= 11 is 0. The van der Waals surface area contributed by atoms with Crippen LogP contribution >= 0.6 is 0 Å². The Morgan fingerprint density at radius 2 is 1.70 bits per heavy atom. The minimum Gasteiger partial charge on any atom is -0.497 e. The number of carbonyl (C=O) groups excluding carboxylic acids is 1. The molecular weight excluding hydrogens is 402 g/mol. The number of sulfonamides is 1. The Hall–Kier alpha value is -3.42. The number of fused-ring (bicyclic) bond motifs is 1. The molecule has 0 spiro atoms. The van der Waals surface area contributed by atoms with Crippen LogP contribution in [0.4, 0.5) is 0 Å². The normalized spacial score (nSPS) is 15.9. The smallest absolute Gasteiger partial charge is 0.238 e. The maximum absolute atomic E-state index is 12.2. The first-order valence-corrected chi connectivity index (χ1v) is 10.7. The van der Waals surface area contributed by atoms with Crippen LogP contribution in [0.2, 0.25) is 0 Å². The Bertz CT molecular complexity index is 1250. The highest BCUT2D eigenvalue weighted by molar-refractivity contribution is 7.89. The molecular formula is C23H19NO5S. The van der Waals surface area contributed by atoms with Gasteiger partial charge < -0.3 is 14.3 Å². The van der Waals surface area contributed by atoms with E-state index in [1.807, 2.05) is 42.5 Å². The van der Waals surface area contributed by atoms with Gasteiger partial charge in [0.05, 0.1) is 17.9 Å². The fourth-order valence-electron chi connectivity index (χ4n) is 3.55. The second-order valence-electron chi connectivity index (χ2n) is 6.80. The van der Waals surface area contributed by atoms with Crippen molar-refractivity contribution in [3.05, 3.63) is 89.5 Å². The number of carbonyl (C=O) groups is 1. The molecule has 1 unspecified atom stereocenters. The van der Waals surface area contributed by atoms with Crippen LogP contribution in [0.1, 0.15) is 22.6 Å². The van der Waals surface area contributed by atoms with Crippen LogP contribution in [0.3, 0.4) is 0 Å². The molecule has 30 heavy (non-hydrogen) atoms. The van der Waals surface area contributed by atoms with Crippen molar-refractivity contribution < 1.29 is 22.7 Å². The summed E-state index contributed by atoms with van der Waals surface area (Å²) in [6, 6.07) is 20.8. The quantitative estimate of drug-likeness (QED) is 0.635. The van der Waals surface area contributed by atoms with Gasteiger partial charge in [-0.3, -0.25) is 0 Å². The molecule has 4 rings (SSSR count). The second kappa shape index (κ2) is 7.78. The van der Waals surface area contributed by atoms with Gasteiger partial charge in [0.15, 0.2) is 0 Å². The number of ether oxygens (including phenoxy) is 2. The van der Waals surface area contributed by atoms with Crippen LogP contribution in [-0.2, 0) is 14.8 Å². The van der Waals surface area contributed by atoms with Crippen molar-refractivity contribution in [3.8, 4) is 11.5 Å². The van der Waals surface area contributed by atoms with Gasteiger partial charge in [-0.25, -0.2) is 13.6 Å². The van der Waals surface area contributed by atoms with Crippen LogP contribution in [0.5, 0.6) is 11.5 Å². The van der Waals surface area contributed by atoms with Crippen molar-refractivity contribution in [1.29, 1.82) is 0 Å². The van der Waals surface area contributed by atoms with E-state index in [-0.39, 0.29) is 4.90 Å². The van der Waals surface area contributed by atoms with Gasteiger partial charge in [-0.1, -0.05) is 30.3 Å². The molecule has 0 saturated carbocycles. The number of rotatable bonds is 5. The van der Waals surface area contributed by atoms with E-state index in [1.54, 1.807) is 25.3 Å². The highest BCUT2D eigenvalue weighted by Gasteiger charge is 2.31. The Morgan fingerprint density at radius 3 is 2.37 bits per heavy atom. The van der Waals surface area contributed by atoms with Gasteiger partial charge in [0.25, 0.3) is 0 Å². The zero-order chi connectivity index (χ0) is 21.3. The van der Waals surface area contributed by atoms with Crippen molar-refractivity contribution in [3.63, 3.8) is 0 Å². The average Bonchev–Trinajstić information content (AvgIpc) is 2.77. The van der Waals surface area contributed by atoms with Crippen molar-refractivity contribution >= 4 is 27.6 Å². The Balaban J connectivity index is 1.95. The van der Waals surface area contributed by atoms with E-state index in [9.17, 15) is 13.2 Å². The summed E-state index contributed by atoms with van der Waals surface area (Å²) in [5.74, 6) is 1.13. The molecule has 1 aliphatic heterocycles. The Labute approximate surface area is 174 Å². The van der Waals surface area contributed by atoms with Gasteiger partial charge in [0, 0.05) is 16.7 Å². The molecule has 3 aromatic rings. The minimum absolute atomic E-state index is 0.00192. The van der Waals surface area contributed by atoms with Crippen molar-refractivity contribution in [2.75, 3.05) is 7.11 Å². The second-order valence-corrected chi connectivity index (χ2v) is 8.36. The van der Waals surface area contributed by atoms with Crippen LogP contribution < -0.4 is 14.6 Å². The van der Waals surface area contributed by atoms with Crippen LogP contribution in [0, 0.1) is 0 Å². The van der Waals surface area contributed by atoms with E-state index in [4.69, 9.17) is 14.6 Å². The Kier molecular flexibility index (Phi) is 5.15. The number of hydrogen-bond donors (Lipinski definition) is 1. The topological polar surface area (TPSA) is 95.7 Å². The molecule has 0 bridgehead atoms. The lowest BCUT2D eigenvalue weighted by Crippen LogP contribution is -2.16. The summed E-state index contributed by atoms with van der Waals surface area (Å²) in [4.78, 5) is 12.2. The Morgan fingerprint density at radius 1 is 0.967 bits per heavy atom. The molecule has 6 nitrogen and oxygen atoms in total. The largest absolute Gasteiger partial charge is 0.497 e. The molecule has 0 radical (unpaired) electrons. The molecule has 1 heterocycles. The molecule has 0 amide bonds. The lowest BCUT2D eigenvalue weighted by molar-refractivity contribution is -0.108. The van der Waals surface area contributed by atoms with E-state index >= 15 is 0 Å². The number of benzene rings is 3. The van der Waals surface area contributed by atoms with Gasteiger partial charge in [-0.2, -0.15) is 0 Å². The van der Waals surface area contributed by atoms with Crippen molar-refractivity contribution in [2.45, 2.75) is 10.8 Å². The summed E-state index contributed by atoms with van der Waals surface area (Å²) in [5, 5.41) is 5.21. The fourth-order valence-corrected chi connectivity index (χ4v) is 4.06. The molecule has 1 atom stereocenters. The average molecular weight is 421 g/mol. The predicted molar refractivity (Wildman–Crippen MR) is 113 cm³/mol. The number of allylic oxidation sites excluding steroid dienone is 1. The first-order valence-electron chi connectivity index (χ1n) is 9.16. The summed E-state index contributed by atoms with van der Waals surface area (Å²) < 4.78 is 34.8. The van der Waals surface area contributed by atoms with Gasteiger partial charge in [-0.05, 0) is 48.0 Å². The van der Waals surface area contributed by atoms with Crippen LogP contribution in [0.15, 0.2) is 77.7 Å². The first-order chi connectivity index (χ1) is 14.4. The maximum Gasteiger partial charge on any atom is 0.238 e. The number of hydrogen-bond acceptors (Lipinski definition) is 5. The molecule has 0 fully saturated rings. The molecule has 3 aromatic carbocycles. The number of para-hydroxylation sites is 1. The first kappa shape index (κ1) is 19.9. The molecule has 7 heteroatoms. The van der Waals surface area contributed by atoms with Crippen LogP contribution in [-0.4, -0.2) is 21.8 Å². The maximum atomic E-state index is 12.2. The molecule has 0 saturated heterocycles. The van der Waals surface area contributed by atoms with Gasteiger partial charge in [-0.15, -0.1) is 0 Å².